The Labute approximate surface area is 313 Å². The maximum absolute atomic E-state index is 16.4. The van der Waals surface area contributed by atoms with Crippen LogP contribution in [0.1, 0.15) is 52.2 Å². The van der Waals surface area contributed by atoms with Gasteiger partial charge >= 0.3 is 0 Å². The van der Waals surface area contributed by atoms with E-state index in [0.717, 1.165) is 39.0 Å². The van der Waals surface area contributed by atoms with E-state index in [-0.39, 0.29) is 18.4 Å². The summed E-state index contributed by atoms with van der Waals surface area (Å²) in [5, 5.41) is 21.3. The van der Waals surface area contributed by atoms with E-state index >= 15 is 4.11 Å². The van der Waals surface area contributed by atoms with Crippen LogP contribution in [-0.4, -0.2) is 46.4 Å². The number of aliphatic hydroxyl groups excluding tert-OH is 1. The molecule has 11 heteroatoms. The Bertz CT molecular complexity index is 2430. The number of anilines is 3. The number of halogens is 1. The van der Waals surface area contributed by atoms with Crippen molar-refractivity contribution < 1.29 is 23.5 Å². The maximum atomic E-state index is 16.4. The van der Waals surface area contributed by atoms with E-state index in [2.05, 4.69) is 10.3 Å². The number of carbonyl (C=O) groups excluding carboxylic acids is 2. The zero-order valence-corrected chi connectivity index (χ0v) is 31.3. The average Bonchev–Trinajstić information content (AvgIpc) is 3.91. The number of hydrogen-bond acceptors (Lipinski definition) is 6. The minimum atomic E-state index is -3.38. The van der Waals surface area contributed by atoms with E-state index in [1.54, 1.807) is 33.8 Å². The van der Waals surface area contributed by atoms with Crippen LogP contribution >= 0.6 is 0 Å². The molecule has 0 unspecified atom stereocenters. The third kappa shape index (κ3) is 5.32. The van der Waals surface area contributed by atoms with Crippen molar-refractivity contribution in [3.63, 3.8) is 0 Å². The van der Waals surface area contributed by atoms with Crippen molar-refractivity contribution in [3.05, 3.63) is 149 Å². The summed E-state index contributed by atoms with van der Waals surface area (Å²) >= 11 is 0. The van der Waals surface area contributed by atoms with Gasteiger partial charge in [0.05, 0.1) is 35.8 Å². The molecule has 54 heavy (non-hydrogen) atoms. The van der Waals surface area contributed by atoms with Gasteiger partial charge in [0.2, 0.25) is 8.41 Å². The first-order chi connectivity index (χ1) is 26.1. The van der Waals surface area contributed by atoms with Gasteiger partial charge in [-0.3, -0.25) is 19.2 Å². The summed E-state index contributed by atoms with van der Waals surface area (Å²) < 4.78 is 25.0. The highest BCUT2D eigenvalue weighted by atomic mass is 28.4. The molecule has 6 aromatic rings. The predicted octanol–water partition coefficient (Wildman–Crippen LogP) is 8.22. The van der Waals surface area contributed by atoms with E-state index in [1.165, 1.54) is 0 Å². The topological polar surface area (TPSA) is 101 Å². The van der Waals surface area contributed by atoms with Crippen LogP contribution in [0.2, 0.25) is 18.6 Å². The molecular formula is C43H40FN5O4Si. The van der Waals surface area contributed by atoms with Gasteiger partial charge in [-0.15, -0.1) is 5.10 Å². The van der Waals surface area contributed by atoms with Crippen molar-refractivity contribution in [3.8, 4) is 0 Å². The van der Waals surface area contributed by atoms with Crippen LogP contribution in [0.4, 0.5) is 21.2 Å². The number of rotatable bonds is 9. The van der Waals surface area contributed by atoms with Gasteiger partial charge in [-0.2, -0.15) is 0 Å². The average molecular weight is 738 g/mol. The number of amides is 2. The predicted molar refractivity (Wildman–Crippen MR) is 208 cm³/mol. The van der Waals surface area contributed by atoms with Crippen molar-refractivity contribution in [1.29, 1.82) is 0 Å². The monoisotopic (exact) mass is 737 g/mol. The first kappa shape index (κ1) is 34.3. The fourth-order valence-corrected chi connectivity index (χ4v) is 11.7. The van der Waals surface area contributed by atoms with Crippen LogP contribution < -0.4 is 9.80 Å². The molecule has 1 N–H and O–H groups in total. The highest BCUT2D eigenvalue weighted by Gasteiger charge is 2.66. The molecule has 1 aromatic heterocycles. The smallest absolute Gasteiger partial charge is 0.264 e. The molecule has 3 aliphatic heterocycles. The van der Waals surface area contributed by atoms with Crippen LogP contribution in [-0.2, 0) is 28.2 Å². The second-order valence-electron chi connectivity index (χ2n) is 15.2. The largest absolute Gasteiger partial charge is 0.382 e. The number of aromatic nitrogens is 3. The molecule has 0 saturated carbocycles. The first-order valence-corrected chi connectivity index (χ1v) is 21.4. The van der Waals surface area contributed by atoms with Gasteiger partial charge in [0, 0.05) is 34.6 Å². The van der Waals surface area contributed by atoms with E-state index in [4.69, 9.17) is 4.74 Å². The lowest BCUT2D eigenvalue weighted by molar-refractivity contribution is -0.146. The first-order valence-electron chi connectivity index (χ1n) is 18.4. The summed E-state index contributed by atoms with van der Waals surface area (Å²) in [7, 11) is -3.38. The number of carbonyl (C=O) groups is 2. The van der Waals surface area contributed by atoms with Gasteiger partial charge in [-0.25, -0.2) is 0 Å². The molecule has 4 heterocycles. The van der Waals surface area contributed by atoms with E-state index in [1.807, 2.05) is 122 Å². The minimum Gasteiger partial charge on any atom is -0.382 e. The highest BCUT2D eigenvalue weighted by Crippen LogP contribution is 2.60. The Morgan fingerprint density at radius 3 is 2.43 bits per heavy atom. The summed E-state index contributed by atoms with van der Waals surface area (Å²) in [5.74, 6) is -0.736. The summed E-state index contributed by atoms with van der Waals surface area (Å²) in [5.41, 5.74) is 3.87. The lowest BCUT2D eigenvalue weighted by Crippen LogP contribution is -2.45. The van der Waals surface area contributed by atoms with E-state index in [9.17, 15) is 14.7 Å². The molecule has 3 aliphatic rings. The van der Waals surface area contributed by atoms with Crippen LogP contribution in [0.15, 0.2) is 121 Å². The van der Waals surface area contributed by atoms with Crippen LogP contribution in [0, 0.1) is 5.92 Å². The Hall–Kier alpha value is -5.49. The van der Waals surface area contributed by atoms with Crippen molar-refractivity contribution >= 4 is 48.1 Å². The van der Waals surface area contributed by atoms with Crippen LogP contribution in [0.3, 0.4) is 0 Å². The van der Waals surface area contributed by atoms with Crippen LogP contribution in [0.25, 0.3) is 10.8 Å². The van der Waals surface area contributed by atoms with Gasteiger partial charge in [0.25, 0.3) is 11.8 Å². The van der Waals surface area contributed by atoms with Gasteiger partial charge in [0.1, 0.15) is 11.8 Å². The fraction of sp³-hybridized carbons (Fsp3) is 0.256. The minimum absolute atomic E-state index is 0.0849. The molecule has 1 saturated heterocycles. The number of para-hydroxylation sites is 1. The van der Waals surface area contributed by atoms with Gasteiger partial charge in [-0.1, -0.05) is 97.1 Å². The van der Waals surface area contributed by atoms with Gasteiger partial charge < -0.3 is 18.9 Å². The van der Waals surface area contributed by atoms with Gasteiger partial charge in [-0.05, 0) is 66.4 Å². The Morgan fingerprint density at radius 1 is 0.907 bits per heavy atom. The van der Waals surface area contributed by atoms with Crippen molar-refractivity contribution in [2.45, 2.75) is 62.9 Å². The van der Waals surface area contributed by atoms with E-state index in [0.29, 0.717) is 29.8 Å². The molecule has 1 spiro atoms. The molecule has 272 valence electrons. The number of benzene rings is 5. The zero-order valence-electron chi connectivity index (χ0n) is 30.3. The zero-order chi connectivity index (χ0) is 37.4. The highest BCUT2D eigenvalue weighted by molar-refractivity contribution is 6.72. The fourth-order valence-electron chi connectivity index (χ4n) is 9.19. The molecule has 0 aliphatic carbocycles. The second-order valence-corrected chi connectivity index (χ2v) is 19.0. The summed E-state index contributed by atoms with van der Waals surface area (Å²) in [6, 6.07) is 36.4. The number of aliphatic hydroxyl groups is 1. The van der Waals surface area contributed by atoms with Crippen LogP contribution in [0.5, 0.6) is 0 Å². The lowest BCUT2D eigenvalue weighted by Gasteiger charge is -2.31. The summed E-state index contributed by atoms with van der Waals surface area (Å²) in [4.78, 5) is 32.2. The Morgan fingerprint density at radius 2 is 1.63 bits per heavy atom. The molecule has 0 radical (unpaired) electrons. The maximum Gasteiger partial charge on any atom is 0.264 e. The Balaban J connectivity index is 0.998. The SMILES string of the molecule is C[C@@H]1[C@@H]([Si](C)(C)F)[C@H](CCn2cc([C@H](O)c3ccccc3)nn2)O[C@@]12C(=O)N(Cc1cccc(N3C(=O)c4cccc5cccc3c45)c1)c1ccccc12. The normalized spacial score (nSPS) is 22.5. The van der Waals surface area contributed by atoms with Crippen molar-refractivity contribution in [2.75, 3.05) is 9.80 Å². The standard InChI is InChI=1S/C43H40FN5O4Si/c1-27-40(54(2,3)44)37(22-23-47-26-34(45-46-47)39(50)30-13-5-4-6-14-30)53-43(27)33-19-7-8-20-35(33)48(42(43)52)25-28-12-9-17-31(24-28)49-36-21-11-16-29-15-10-18-32(38(29)36)41(49)51/h4-21,24,26-27,37,39-40,50H,22-23,25H2,1-3H3/t27-,37+,39-,40-,43+/m1/s1. The van der Waals surface area contributed by atoms with E-state index < -0.39 is 37.7 Å². The molecular weight excluding hydrogens is 698 g/mol. The molecule has 0 bridgehead atoms. The number of hydrogen-bond donors (Lipinski definition) is 1. The molecule has 9 nitrogen and oxygen atoms in total. The molecule has 5 aromatic carbocycles. The molecule has 9 rings (SSSR count). The number of nitrogens with zero attached hydrogens (tertiary/aromatic N) is 5. The summed E-state index contributed by atoms with van der Waals surface area (Å²) in [6.07, 6.45) is 0.651. The summed E-state index contributed by atoms with van der Waals surface area (Å²) in [6.45, 7) is 5.97. The number of ether oxygens (including phenoxy) is 1. The second kappa shape index (κ2) is 12.8. The number of aryl methyl sites for hydroxylation is 1. The molecule has 2 amide bonds. The van der Waals surface area contributed by atoms with Crippen molar-refractivity contribution in [2.24, 2.45) is 5.92 Å². The number of fused-ring (bicyclic) bond motifs is 2. The quantitative estimate of drug-likeness (QED) is 0.119. The third-order valence-corrected chi connectivity index (χ3v) is 14.0. The third-order valence-electron chi connectivity index (χ3n) is 11.5. The van der Waals surface area contributed by atoms with Gasteiger partial charge in [0.15, 0.2) is 5.60 Å². The lowest BCUT2D eigenvalue weighted by atomic mass is 9.82. The molecule has 5 atom stereocenters. The Kier molecular flexibility index (Phi) is 8.14. The molecule has 1 fully saturated rings. The van der Waals surface area contributed by atoms with Crippen molar-refractivity contribution in [1.82, 2.24) is 15.0 Å².